The Kier molecular flexibility index (Phi) is 4.40. The second-order valence-corrected chi connectivity index (χ2v) is 7.72. The normalized spacial score (nSPS) is 11.5. The molecule has 0 aliphatic rings. The summed E-state index contributed by atoms with van der Waals surface area (Å²) in [6.07, 6.45) is 2.40. The molecule has 1 aromatic carbocycles. The summed E-state index contributed by atoms with van der Waals surface area (Å²) in [6, 6.07) is 10.1. The summed E-state index contributed by atoms with van der Waals surface area (Å²) >= 11 is 5.89. The zero-order chi connectivity index (χ0) is 18.2. The fourth-order valence-corrected chi connectivity index (χ4v) is 3.13. The molecule has 3 rings (SSSR count). The van der Waals surface area contributed by atoms with Crippen molar-refractivity contribution >= 4 is 27.3 Å². The first-order valence-corrected chi connectivity index (χ1v) is 9.53. The maximum Gasteiger partial charge on any atom is 0.280 e. The molecule has 25 heavy (non-hydrogen) atoms. The van der Waals surface area contributed by atoms with Crippen molar-refractivity contribution in [2.75, 3.05) is 11.0 Å². The third-order valence-electron chi connectivity index (χ3n) is 3.48. The van der Waals surface area contributed by atoms with Crippen LogP contribution >= 0.6 is 11.6 Å². The van der Waals surface area contributed by atoms with E-state index < -0.39 is 10.0 Å². The molecule has 2 N–H and O–H groups in total. The number of benzene rings is 1. The molecule has 0 fully saturated rings. The Balaban J connectivity index is 2.00. The van der Waals surface area contributed by atoms with Gasteiger partial charge in [-0.15, -0.1) is 0 Å². The van der Waals surface area contributed by atoms with Crippen molar-refractivity contribution in [3.05, 3.63) is 63.7 Å². The highest BCUT2D eigenvalue weighted by Crippen LogP contribution is 2.21. The molecule has 9 heteroatoms. The van der Waals surface area contributed by atoms with Gasteiger partial charge in [-0.05, 0) is 36.8 Å². The van der Waals surface area contributed by atoms with Gasteiger partial charge in [-0.3, -0.25) is 14.6 Å². The molecule has 0 spiro atoms. The Morgan fingerprint density at radius 3 is 2.40 bits per heavy atom. The molecule has 0 atom stereocenters. The van der Waals surface area contributed by atoms with Crippen LogP contribution in [-0.2, 0) is 10.0 Å². The van der Waals surface area contributed by atoms with E-state index in [0.717, 1.165) is 11.8 Å². The minimum absolute atomic E-state index is 0.254. The minimum atomic E-state index is -3.38. The lowest BCUT2D eigenvalue weighted by Gasteiger charge is -2.05. The summed E-state index contributed by atoms with van der Waals surface area (Å²) < 4.78 is 26.1. The largest absolute Gasteiger partial charge is 0.293 e. The average molecular weight is 379 g/mol. The van der Waals surface area contributed by atoms with Crippen molar-refractivity contribution in [3.63, 3.8) is 0 Å². The SMILES string of the molecule is Cc1[nH]n(-c2ccc(NS(C)(=O)=O)cn2)c(=O)c1-c1ccc(Cl)cc1. The fourth-order valence-electron chi connectivity index (χ4n) is 2.46. The first-order chi connectivity index (χ1) is 11.7. The van der Waals surface area contributed by atoms with Crippen molar-refractivity contribution in [3.8, 4) is 16.9 Å². The smallest absolute Gasteiger partial charge is 0.280 e. The molecule has 2 aromatic heterocycles. The van der Waals surface area contributed by atoms with Crippen LogP contribution in [-0.4, -0.2) is 29.4 Å². The summed E-state index contributed by atoms with van der Waals surface area (Å²) in [5.74, 6) is 0.354. The van der Waals surface area contributed by atoms with E-state index in [-0.39, 0.29) is 5.56 Å². The van der Waals surface area contributed by atoms with Crippen LogP contribution in [0.1, 0.15) is 5.69 Å². The molecule has 0 saturated heterocycles. The molecule has 3 aromatic rings. The summed E-state index contributed by atoms with van der Waals surface area (Å²) in [5, 5.41) is 3.57. The highest BCUT2D eigenvalue weighted by atomic mass is 35.5. The Morgan fingerprint density at radius 1 is 1.16 bits per heavy atom. The van der Waals surface area contributed by atoms with Gasteiger partial charge in [-0.2, -0.15) is 0 Å². The Morgan fingerprint density at radius 2 is 1.84 bits per heavy atom. The van der Waals surface area contributed by atoms with Crippen molar-refractivity contribution < 1.29 is 8.42 Å². The van der Waals surface area contributed by atoms with E-state index in [1.165, 1.54) is 16.9 Å². The monoisotopic (exact) mass is 378 g/mol. The number of H-pyrrole nitrogens is 1. The van der Waals surface area contributed by atoms with Gasteiger partial charge >= 0.3 is 0 Å². The van der Waals surface area contributed by atoms with Gasteiger partial charge in [-0.1, -0.05) is 23.7 Å². The van der Waals surface area contributed by atoms with E-state index in [4.69, 9.17) is 11.6 Å². The van der Waals surface area contributed by atoms with Crippen LogP contribution in [0.25, 0.3) is 16.9 Å². The second-order valence-electron chi connectivity index (χ2n) is 5.54. The zero-order valence-corrected chi connectivity index (χ0v) is 15.0. The molecule has 0 aliphatic carbocycles. The molecule has 0 bridgehead atoms. The van der Waals surface area contributed by atoms with Gasteiger partial charge in [0.15, 0.2) is 5.82 Å². The lowest BCUT2D eigenvalue weighted by Crippen LogP contribution is -2.17. The highest BCUT2D eigenvalue weighted by molar-refractivity contribution is 7.92. The van der Waals surface area contributed by atoms with Gasteiger partial charge in [0, 0.05) is 10.7 Å². The summed E-state index contributed by atoms with van der Waals surface area (Å²) in [5.41, 5.74) is 2.03. The first-order valence-electron chi connectivity index (χ1n) is 7.26. The number of anilines is 1. The number of nitrogens with one attached hydrogen (secondary N) is 2. The van der Waals surface area contributed by atoms with E-state index in [0.29, 0.717) is 27.8 Å². The molecule has 0 unspecified atom stereocenters. The standard InChI is InChI=1S/C16H15ClN4O3S/c1-10-15(11-3-5-12(17)6-4-11)16(22)21(19-10)14-8-7-13(9-18-14)20-25(2,23)24/h3-9,19-20H,1-2H3. The Bertz CT molecular complexity index is 1070. The Hall–Kier alpha value is -2.58. The molecular weight excluding hydrogens is 364 g/mol. The van der Waals surface area contributed by atoms with Crippen molar-refractivity contribution in [2.45, 2.75) is 6.92 Å². The third kappa shape index (κ3) is 3.75. The van der Waals surface area contributed by atoms with Crippen LogP contribution in [0.15, 0.2) is 47.4 Å². The highest BCUT2D eigenvalue weighted by Gasteiger charge is 2.15. The van der Waals surface area contributed by atoms with Crippen LogP contribution in [0.4, 0.5) is 5.69 Å². The number of aromatic amines is 1. The van der Waals surface area contributed by atoms with Gasteiger partial charge in [0.25, 0.3) is 5.56 Å². The quantitative estimate of drug-likeness (QED) is 0.729. The molecule has 0 radical (unpaired) electrons. The van der Waals surface area contributed by atoms with Crippen molar-refractivity contribution in [2.24, 2.45) is 0 Å². The van der Waals surface area contributed by atoms with E-state index in [1.54, 1.807) is 37.3 Å². The number of rotatable bonds is 4. The van der Waals surface area contributed by atoms with E-state index >= 15 is 0 Å². The van der Waals surface area contributed by atoms with Gasteiger partial charge in [0.1, 0.15) is 0 Å². The predicted molar refractivity (Wildman–Crippen MR) is 97.8 cm³/mol. The van der Waals surface area contributed by atoms with Gasteiger partial charge in [-0.25, -0.2) is 18.1 Å². The third-order valence-corrected chi connectivity index (χ3v) is 4.34. The summed E-state index contributed by atoms with van der Waals surface area (Å²) in [7, 11) is -3.38. The number of hydrogen-bond donors (Lipinski definition) is 2. The van der Waals surface area contributed by atoms with Crippen LogP contribution < -0.4 is 10.3 Å². The molecule has 0 amide bonds. The molecular formula is C16H15ClN4O3S. The van der Waals surface area contributed by atoms with Crippen molar-refractivity contribution in [1.29, 1.82) is 0 Å². The summed E-state index contributed by atoms with van der Waals surface area (Å²) in [4.78, 5) is 16.9. The minimum Gasteiger partial charge on any atom is -0.293 e. The number of aryl methyl sites for hydroxylation is 1. The van der Waals surface area contributed by atoms with Crippen LogP contribution in [0, 0.1) is 6.92 Å². The molecule has 7 nitrogen and oxygen atoms in total. The van der Waals surface area contributed by atoms with E-state index in [2.05, 4.69) is 14.8 Å². The number of hydrogen-bond acceptors (Lipinski definition) is 4. The fraction of sp³-hybridized carbons (Fsp3) is 0.125. The molecule has 130 valence electrons. The molecule has 2 heterocycles. The van der Waals surface area contributed by atoms with E-state index in [9.17, 15) is 13.2 Å². The van der Waals surface area contributed by atoms with Crippen LogP contribution in [0.2, 0.25) is 5.02 Å². The number of aromatic nitrogens is 3. The van der Waals surface area contributed by atoms with E-state index in [1.807, 2.05) is 0 Å². The lowest BCUT2D eigenvalue weighted by molar-refractivity contribution is 0.607. The van der Waals surface area contributed by atoms with Crippen molar-refractivity contribution in [1.82, 2.24) is 14.8 Å². The predicted octanol–water partition coefficient (Wildman–Crippen LogP) is 2.56. The van der Waals surface area contributed by atoms with Crippen LogP contribution in [0.3, 0.4) is 0 Å². The summed E-state index contributed by atoms with van der Waals surface area (Å²) in [6.45, 7) is 1.79. The topological polar surface area (TPSA) is 96.8 Å². The van der Waals surface area contributed by atoms with Gasteiger partial charge in [0.2, 0.25) is 10.0 Å². The number of pyridine rings is 1. The number of nitrogens with zero attached hydrogens (tertiary/aromatic N) is 2. The lowest BCUT2D eigenvalue weighted by atomic mass is 10.1. The maximum absolute atomic E-state index is 12.7. The number of halogens is 1. The first kappa shape index (κ1) is 17.2. The Labute approximate surface area is 149 Å². The average Bonchev–Trinajstić information content (AvgIpc) is 2.83. The molecule has 0 aliphatic heterocycles. The van der Waals surface area contributed by atoms with Gasteiger partial charge in [0.05, 0.1) is 23.7 Å². The maximum atomic E-state index is 12.7. The second kappa shape index (κ2) is 6.38. The molecule has 0 saturated carbocycles. The zero-order valence-electron chi connectivity index (χ0n) is 13.4. The van der Waals surface area contributed by atoms with Crippen LogP contribution in [0.5, 0.6) is 0 Å². The van der Waals surface area contributed by atoms with Gasteiger partial charge < -0.3 is 0 Å². The number of sulfonamides is 1.